The fourth-order valence-electron chi connectivity index (χ4n) is 1.86. The molecule has 1 aromatic rings. The first-order valence-electron chi connectivity index (χ1n) is 6.45. The summed E-state index contributed by atoms with van der Waals surface area (Å²) in [7, 11) is 0. The highest BCUT2D eigenvalue weighted by molar-refractivity contribution is 5.02. The van der Waals surface area contributed by atoms with Gasteiger partial charge in [-0.2, -0.15) is 5.10 Å². The maximum Gasteiger partial charge on any atom is 0.0640 e. The van der Waals surface area contributed by atoms with Gasteiger partial charge in [-0.15, -0.1) is 0 Å². The van der Waals surface area contributed by atoms with Crippen molar-refractivity contribution in [2.45, 2.75) is 53.1 Å². The quantitative estimate of drug-likeness (QED) is 0.589. The lowest BCUT2D eigenvalue weighted by Gasteiger charge is -2.25. The van der Waals surface area contributed by atoms with Crippen LogP contribution in [-0.4, -0.2) is 15.8 Å². The number of nitrogens with two attached hydrogens (primary N) is 1. The lowest BCUT2D eigenvalue weighted by atomic mass is 9.88. The number of nitrogens with zero attached hydrogens (tertiary/aromatic N) is 2. The molecule has 3 N–H and O–H groups in total. The predicted octanol–water partition coefficient (Wildman–Crippen LogP) is 2.13. The number of hydrogen-bond donors (Lipinski definition) is 2. The average molecular weight is 238 g/mol. The molecule has 0 bridgehead atoms. The number of rotatable bonds is 6. The summed E-state index contributed by atoms with van der Waals surface area (Å²) in [5.74, 6) is 6.79. The molecule has 2 unspecified atom stereocenters. The van der Waals surface area contributed by atoms with Crippen molar-refractivity contribution in [2.75, 3.05) is 0 Å². The minimum absolute atomic E-state index is 0.283. The number of hydrogen-bond acceptors (Lipinski definition) is 3. The summed E-state index contributed by atoms with van der Waals surface area (Å²) in [6, 6.07) is 2.78. The van der Waals surface area contributed by atoms with Gasteiger partial charge in [0.05, 0.1) is 5.69 Å². The summed E-state index contributed by atoms with van der Waals surface area (Å²) in [4.78, 5) is 0. The van der Waals surface area contributed by atoms with Gasteiger partial charge in [0.25, 0.3) is 0 Å². The number of hydrazine groups is 1. The minimum Gasteiger partial charge on any atom is -0.271 e. The molecule has 4 nitrogen and oxygen atoms in total. The van der Waals surface area contributed by atoms with E-state index >= 15 is 0 Å². The van der Waals surface area contributed by atoms with E-state index in [4.69, 9.17) is 5.84 Å². The molecule has 0 aliphatic rings. The second kappa shape index (κ2) is 6.17. The molecule has 0 aromatic carbocycles. The van der Waals surface area contributed by atoms with E-state index in [1.165, 1.54) is 0 Å². The van der Waals surface area contributed by atoms with Crippen LogP contribution < -0.4 is 11.3 Å². The van der Waals surface area contributed by atoms with Crippen molar-refractivity contribution in [1.29, 1.82) is 0 Å². The van der Waals surface area contributed by atoms with Crippen molar-refractivity contribution in [2.24, 2.45) is 17.7 Å². The molecule has 0 spiro atoms. The molecule has 98 valence electrons. The third kappa shape index (κ3) is 3.82. The standard InChI is InChI=1S/C13H26N4/c1-9(2)11(5)13(15-14)8-12-6-7-17(16-12)10(3)4/h6-7,9-11,13,15H,8,14H2,1-5H3. The Morgan fingerprint density at radius 1 is 1.29 bits per heavy atom. The second-order valence-corrected chi connectivity index (χ2v) is 5.46. The molecule has 2 atom stereocenters. The van der Waals surface area contributed by atoms with Crippen LogP contribution in [0.1, 0.15) is 46.4 Å². The Labute approximate surface area is 105 Å². The summed E-state index contributed by atoms with van der Waals surface area (Å²) < 4.78 is 1.99. The molecule has 0 fully saturated rings. The largest absolute Gasteiger partial charge is 0.271 e. The van der Waals surface area contributed by atoms with Gasteiger partial charge in [0.15, 0.2) is 0 Å². The van der Waals surface area contributed by atoms with Crippen LogP contribution in [0, 0.1) is 11.8 Å². The summed E-state index contributed by atoms with van der Waals surface area (Å²) in [5, 5.41) is 4.56. The fourth-order valence-corrected chi connectivity index (χ4v) is 1.86. The van der Waals surface area contributed by atoms with Gasteiger partial charge in [0, 0.05) is 24.7 Å². The van der Waals surface area contributed by atoms with E-state index in [0.29, 0.717) is 17.9 Å². The van der Waals surface area contributed by atoms with Crippen LogP contribution in [0.4, 0.5) is 0 Å². The molecule has 0 amide bonds. The Morgan fingerprint density at radius 3 is 2.35 bits per heavy atom. The van der Waals surface area contributed by atoms with Gasteiger partial charge < -0.3 is 0 Å². The summed E-state index contributed by atoms with van der Waals surface area (Å²) in [5.41, 5.74) is 4.03. The summed E-state index contributed by atoms with van der Waals surface area (Å²) in [6.45, 7) is 10.9. The highest BCUT2D eigenvalue weighted by atomic mass is 15.3. The zero-order valence-electron chi connectivity index (χ0n) is 11.6. The van der Waals surface area contributed by atoms with Crippen molar-refractivity contribution in [1.82, 2.24) is 15.2 Å². The van der Waals surface area contributed by atoms with Crippen LogP contribution >= 0.6 is 0 Å². The molecule has 0 aliphatic heterocycles. The van der Waals surface area contributed by atoms with Gasteiger partial charge in [0.1, 0.15) is 0 Å². The topological polar surface area (TPSA) is 55.9 Å². The molecule has 4 heteroatoms. The van der Waals surface area contributed by atoms with Crippen LogP contribution in [0.5, 0.6) is 0 Å². The first-order valence-corrected chi connectivity index (χ1v) is 6.45. The van der Waals surface area contributed by atoms with Gasteiger partial charge in [-0.1, -0.05) is 20.8 Å². The average Bonchev–Trinajstić information content (AvgIpc) is 2.73. The van der Waals surface area contributed by atoms with Crippen molar-refractivity contribution in [3.8, 4) is 0 Å². The highest BCUT2D eigenvalue weighted by Gasteiger charge is 2.20. The van der Waals surface area contributed by atoms with E-state index in [0.717, 1.165) is 12.1 Å². The Bertz CT molecular complexity index is 330. The van der Waals surface area contributed by atoms with Crippen molar-refractivity contribution < 1.29 is 0 Å². The Balaban J connectivity index is 2.67. The van der Waals surface area contributed by atoms with E-state index in [9.17, 15) is 0 Å². The van der Waals surface area contributed by atoms with Gasteiger partial charge in [0.2, 0.25) is 0 Å². The molecule has 1 heterocycles. The molecule has 0 aliphatic carbocycles. The molecule has 1 rings (SSSR count). The van der Waals surface area contributed by atoms with Crippen LogP contribution in [0.2, 0.25) is 0 Å². The van der Waals surface area contributed by atoms with Gasteiger partial charge in [-0.05, 0) is 31.7 Å². The smallest absolute Gasteiger partial charge is 0.0640 e. The summed E-state index contributed by atoms with van der Waals surface area (Å²) in [6.07, 6.45) is 2.92. The third-order valence-electron chi connectivity index (χ3n) is 3.52. The maximum atomic E-state index is 5.64. The first kappa shape index (κ1) is 14.2. The third-order valence-corrected chi connectivity index (χ3v) is 3.52. The van der Waals surface area contributed by atoms with Gasteiger partial charge in [-0.3, -0.25) is 16.0 Å². The van der Waals surface area contributed by atoms with E-state index in [-0.39, 0.29) is 6.04 Å². The molecular formula is C13H26N4. The molecule has 0 radical (unpaired) electrons. The molecule has 17 heavy (non-hydrogen) atoms. The minimum atomic E-state index is 0.283. The fraction of sp³-hybridized carbons (Fsp3) is 0.769. The highest BCUT2D eigenvalue weighted by Crippen LogP contribution is 2.17. The molecule has 0 saturated heterocycles. The first-order chi connectivity index (χ1) is 7.95. The van der Waals surface area contributed by atoms with E-state index in [1.54, 1.807) is 0 Å². The van der Waals surface area contributed by atoms with E-state index in [2.05, 4.69) is 51.2 Å². The van der Waals surface area contributed by atoms with Crippen LogP contribution in [-0.2, 0) is 6.42 Å². The lowest BCUT2D eigenvalue weighted by Crippen LogP contribution is -2.43. The zero-order chi connectivity index (χ0) is 13.0. The zero-order valence-corrected chi connectivity index (χ0v) is 11.6. The van der Waals surface area contributed by atoms with Crippen LogP contribution in [0.25, 0.3) is 0 Å². The molecular weight excluding hydrogens is 212 g/mol. The van der Waals surface area contributed by atoms with Gasteiger partial charge >= 0.3 is 0 Å². The monoisotopic (exact) mass is 238 g/mol. The lowest BCUT2D eigenvalue weighted by molar-refractivity contribution is 0.297. The summed E-state index contributed by atoms with van der Waals surface area (Å²) >= 11 is 0. The number of nitrogens with one attached hydrogen (secondary N) is 1. The molecule has 1 aromatic heterocycles. The van der Waals surface area contributed by atoms with Crippen molar-refractivity contribution in [3.05, 3.63) is 18.0 Å². The second-order valence-electron chi connectivity index (χ2n) is 5.46. The molecule has 0 saturated carbocycles. The van der Waals surface area contributed by atoms with Crippen LogP contribution in [0.15, 0.2) is 12.3 Å². The normalized spacial score (nSPS) is 15.5. The van der Waals surface area contributed by atoms with E-state index in [1.807, 2.05) is 10.9 Å². The predicted molar refractivity (Wildman–Crippen MR) is 71.4 cm³/mol. The van der Waals surface area contributed by atoms with Gasteiger partial charge in [-0.25, -0.2) is 0 Å². The Kier molecular flexibility index (Phi) is 5.15. The maximum absolute atomic E-state index is 5.64. The SMILES string of the molecule is CC(C)C(C)C(Cc1ccn(C(C)C)n1)NN. The van der Waals surface area contributed by atoms with Crippen LogP contribution in [0.3, 0.4) is 0 Å². The Morgan fingerprint density at radius 2 is 1.94 bits per heavy atom. The van der Waals surface area contributed by atoms with E-state index < -0.39 is 0 Å². The Hall–Kier alpha value is -0.870. The number of aromatic nitrogens is 2. The van der Waals surface area contributed by atoms with Crippen molar-refractivity contribution >= 4 is 0 Å². The van der Waals surface area contributed by atoms with Crippen molar-refractivity contribution in [3.63, 3.8) is 0 Å².